The second kappa shape index (κ2) is 11.5. The topological polar surface area (TPSA) is 87.1 Å². The van der Waals surface area contributed by atoms with E-state index in [1.807, 2.05) is 0 Å². The van der Waals surface area contributed by atoms with E-state index in [0.29, 0.717) is 23.6 Å². The van der Waals surface area contributed by atoms with Crippen LogP contribution in [0.15, 0.2) is 49.6 Å². The van der Waals surface area contributed by atoms with Crippen molar-refractivity contribution >= 4 is 62.8 Å². The molecule has 3 aliphatic heterocycles. The molecule has 1 N–H and O–H groups in total. The Bertz CT molecular complexity index is 1090. The summed E-state index contributed by atoms with van der Waals surface area (Å²) in [6.07, 6.45) is 5.30. The number of halogens is 2. The number of ether oxygens (including phenoxy) is 1. The number of carbonyl (C=O) groups excluding carboxylic acids is 3. The molecule has 200 valence electrons. The monoisotopic (exact) mass is 610 g/mol. The molecule has 2 amide bonds. The lowest BCUT2D eigenvalue weighted by atomic mass is 9.71. The minimum Gasteiger partial charge on any atom is -0.465 e. The van der Waals surface area contributed by atoms with Crippen molar-refractivity contribution in [1.82, 2.24) is 4.90 Å². The molecule has 2 bridgehead atoms. The number of nitrogens with zero attached hydrogens (tertiary/aromatic N) is 2. The van der Waals surface area contributed by atoms with Gasteiger partial charge in [-0.2, -0.15) is 0 Å². The van der Waals surface area contributed by atoms with Gasteiger partial charge in [0.25, 0.3) is 5.91 Å². The van der Waals surface area contributed by atoms with Crippen LogP contribution in [0.4, 0.5) is 5.69 Å². The summed E-state index contributed by atoms with van der Waals surface area (Å²) in [7, 11) is 0. The highest BCUT2D eigenvalue weighted by Crippen LogP contribution is 2.68. The molecule has 4 rings (SSSR count). The van der Waals surface area contributed by atoms with Gasteiger partial charge in [-0.3, -0.25) is 14.4 Å². The first kappa shape index (κ1) is 28.2. The molecular formula is C27H32BrClN2O5S. The second-order valence-corrected chi connectivity index (χ2v) is 12.9. The average Bonchev–Trinajstić information content (AvgIpc) is 3.48. The van der Waals surface area contributed by atoms with E-state index in [1.54, 1.807) is 48.2 Å². The summed E-state index contributed by atoms with van der Waals surface area (Å²) in [5, 5.41) is 10.3. The van der Waals surface area contributed by atoms with Crippen molar-refractivity contribution in [1.29, 1.82) is 0 Å². The van der Waals surface area contributed by atoms with Gasteiger partial charge in [-0.25, -0.2) is 0 Å². The molecule has 3 fully saturated rings. The highest BCUT2D eigenvalue weighted by molar-refractivity contribution is 9.09. The van der Waals surface area contributed by atoms with Crippen LogP contribution in [-0.2, 0) is 19.1 Å². The molecule has 1 aromatic carbocycles. The Morgan fingerprint density at radius 3 is 2.76 bits per heavy atom. The Balaban J connectivity index is 1.75. The van der Waals surface area contributed by atoms with Gasteiger partial charge in [0.1, 0.15) is 6.04 Å². The summed E-state index contributed by atoms with van der Waals surface area (Å²) >= 11 is 11.7. The van der Waals surface area contributed by atoms with Crippen molar-refractivity contribution < 1.29 is 24.2 Å². The van der Waals surface area contributed by atoms with Gasteiger partial charge < -0.3 is 19.6 Å². The average molecular weight is 612 g/mol. The van der Waals surface area contributed by atoms with Gasteiger partial charge in [0.2, 0.25) is 5.91 Å². The van der Waals surface area contributed by atoms with E-state index >= 15 is 0 Å². The fourth-order valence-electron chi connectivity index (χ4n) is 5.93. The largest absolute Gasteiger partial charge is 0.465 e. The molecule has 0 aliphatic carbocycles. The lowest BCUT2D eigenvalue weighted by Crippen LogP contribution is -2.57. The van der Waals surface area contributed by atoms with E-state index in [4.69, 9.17) is 16.3 Å². The zero-order valence-electron chi connectivity index (χ0n) is 20.7. The van der Waals surface area contributed by atoms with Crippen molar-refractivity contribution in [2.45, 2.75) is 53.1 Å². The molecule has 0 aromatic heterocycles. The summed E-state index contributed by atoms with van der Waals surface area (Å²) in [6.45, 7) is 9.35. The molecule has 10 heteroatoms. The third kappa shape index (κ3) is 4.77. The van der Waals surface area contributed by atoms with Crippen LogP contribution in [0.1, 0.15) is 26.2 Å². The summed E-state index contributed by atoms with van der Waals surface area (Å²) in [6, 6.07) is 5.53. The maximum absolute atomic E-state index is 14.4. The number of para-hydroxylation sites is 1. The van der Waals surface area contributed by atoms with E-state index in [1.165, 1.54) is 16.7 Å². The number of unbranched alkanes of at least 4 members (excludes halogenated alkanes) is 1. The Kier molecular flexibility index (Phi) is 8.78. The van der Waals surface area contributed by atoms with Gasteiger partial charge in [0.05, 0.1) is 46.5 Å². The van der Waals surface area contributed by atoms with Gasteiger partial charge >= 0.3 is 5.97 Å². The number of anilines is 1. The Hall–Kier alpha value is -1.81. The minimum absolute atomic E-state index is 0.0693. The Morgan fingerprint density at radius 1 is 1.38 bits per heavy atom. The quantitative estimate of drug-likeness (QED) is 0.175. The number of aliphatic hydroxyl groups is 1. The standard InChI is InChI=1S/C27H32BrClN2O5S/c1-4-6-9-13-36-26(35)20-21-24(33)31(16(3)15-32)23(27(21)14-17(28)22(20)37-27)25(34)30(12-5-2)19-11-8-7-10-18(19)29/h4-5,7-8,10-11,16-17,20-23,32H,1-2,6,9,12-15H2,3H3/t16-,17?,20+,21+,22+,23?,27?/m1/s1. The van der Waals surface area contributed by atoms with E-state index in [0.717, 1.165) is 6.42 Å². The van der Waals surface area contributed by atoms with Gasteiger partial charge in [0, 0.05) is 16.6 Å². The summed E-state index contributed by atoms with van der Waals surface area (Å²) in [4.78, 5) is 44.7. The first-order valence-corrected chi connectivity index (χ1v) is 14.6. The van der Waals surface area contributed by atoms with Crippen LogP contribution in [0.2, 0.25) is 5.02 Å². The number of likely N-dealkylation sites (tertiary alicyclic amines) is 1. The number of amides is 2. The molecule has 3 heterocycles. The van der Waals surface area contributed by atoms with Crippen molar-refractivity contribution in [3.8, 4) is 0 Å². The number of benzene rings is 1. The van der Waals surface area contributed by atoms with Crippen molar-refractivity contribution in [3.05, 3.63) is 54.6 Å². The Morgan fingerprint density at radius 2 is 2.11 bits per heavy atom. The zero-order valence-corrected chi connectivity index (χ0v) is 23.9. The Labute approximate surface area is 235 Å². The second-order valence-electron chi connectivity index (χ2n) is 9.73. The van der Waals surface area contributed by atoms with Crippen LogP contribution < -0.4 is 4.90 Å². The molecular weight excluding hydrogens is 580 g/mol. The molecule has 7 nitrogen and oxygen atoms in total. The smallest absolute Gasteiger partial charge is 0.310 e. The van der Waals surface area contributed by atoms with E-state index in [-0.39, 0.29) is 41.6 Å². The van der Waals surface area contributed by atoms with Gasteiger partial charge in [-0.15, -0.1) is 24.9 Å². The molecule has 7 atom stereocenters. The molecule has 0 radical (unpaired) electrons. The maximum Gasteiger partial charge on any atom is 0.310 e. The summed E-state index contributed by atoms with van der Waals surface area (Å²) < 4.78 is 4.76. The van der Waals surface area contributed by atoms with Crippen LogP contribution in [0.5, 0.6) is 0 Å². The van der Waals surface area contributed by atoms with Crippen LogP contribution in [0.25, 0.3) is 0 Å². The van der Waals surface area contributed by atoms with E-state index < -0.39 is 34.6 Å². The number of rotatable bonds is 11. The van der Waals surface area contributed by atoms with Crippen molar-refractivity contribution in [2.24, 2.45) is 11.8 Å². The third-order valence-electron chi connectivity index (χ3n) is 7.49. The number of fused-ring (bicyclic) bond motifs is 1. The van der Waals surface area contributed by atoms with Crippen molar-refractivity contribution in [3.63, 3.8) is 0 Å². The molecule has 3 unspecified atom stereocenters. The third-order valence-corrected chi connectivity index (χ3v) is 11.0. The zero-order chi connectivity index (χ0) is 26.9. The number of hydrogen-bond acceptors (Lipinski definition) is 6. The molecule has 3 saturated heterocycles. The molecule has 0 saturated carbocycles. The number of allylic oxidation sites excluding steroid dienone is 1. The van der Waals surface area contributed by atoms with E-state index in [2.05, 4.69) is 29.1 Å². The fraction of sp³-hybridized carbons (Fsp3) is 0.519. The minimum atomic E-state index is -0.892. The van der Waals surface area contributed by atoms with Gasteiger partial charge in [0.15, 0.2) is 0 Å². The maximum atomic E-state index is 14.4. The number of aliphatic hydroxyl groups excluding tert-OH is 1. The van der Waals surface area contributed by atoms with Gasteiger partial charge in [-0.05, 0) is 38.3 Å². The highest BCUT2D eigenvalue weighted by atomic mass is 79.9. The molecule has 1 aromatic rings. The number of hydrogen-bond donors (Lipinski definition) is 1. The molecule has 1 spiro atoms. The summed E-state index contributed by atoms with van der Waals surface area (Å²) in [5.74, 6) is -2.41. The lowest BCUT2D eigenvalue weighted by molar-refractivity contribution is -0.154. The predicted molar refractivity (Wildman–Crippen MR) is 150 cm³/mol. The molecule has 3 aliphatic rings. The number of carbonyl (C=O) groups is 3. The number of esters is 1. The van der Waals surface area contributed by atoms with Crippen LogP contribution in [-0.4, -0.2) is 74.5 Å². The molecule has 37 heavy (non-hydrogen) atoms. The van der Waals surface area contributed by atoms with E-state index in [9.17, 15) is 19.5 Å². The highest BCUT2D eigenvalue weighted by Gasteiger charge is 2.76. The normalized spacial score (nSPS) is 30.6. The SMILES string of the molecule is C=CCCCOC(=O)[C@H]1[C@H]2C(=O)N([C@H](C)CO)C(C(=O)N(CC=C)c3ccccc3Cl)C23CC(Br)[C@@H]1S3. The van der Waals surface area contributed by atoms with Crippen LogP contribution in [0.3, 0.4) is 0 Å². The van der Waals surface area contributed by atoms with Crippen LogP contribution in [0, 0.1) is 11.8 Å². The van der Waals surface area contributed by atoms with Crippen LogP contribution >= 0.6 is 39.3 Å². The van der Waals surface area contributed by atoms with Gasteiger partial charge in [-0.1, -0.05) is 51.8 Å². The first-order chi connectivity index (χ1) is 17.7. The lowest BCUT2D eigenvalue weighted by Gasteiger charge is -2.39. The number of alkyl halides is 1. The number of thioether (sulfide) groups is 1. The predicted octanol–water partition coefficient (Wildman–Crippen LogP) is 4.21. The summed E-state index contributed by atoms with van der Waals surface area (Å²) in [5.41, 5.74) is 0.518. The fourth-order valence-corrected chi connectivity index (χ4v) is 9.75. The van der Waals surface area contributed by atoms with Crippen molar-refractivity contribution in [2.75, 3.05) is 24.7 Å². The first-order valence-electron chi connectivity index (χ1n) is 12.4.